The molecule has 6 nitrogen and oxygen atoms in total. The topological polar surface area (TPSA) is 89.5 Å². The quantitative estimate of drug-likeness (QED) is 0.838. The third-order valence-electron chi connectivity index (χ3n) is 3.20. The van der Waals surface area contributed by atoms with E-state index in [9.17, 15) is 18.0 Å². The van der Waals surface area contributed by atoms with E-state index >= 15 is 0 Å². The number of hydrogen-bond acceptors (Lipinski definition) is 5. The molecule has 0 aliphatic carbocycles. The first kappa shape index (κ1) is 17.7. The second-order valence-corrected chi connectivity index (χ2v) is 7.40. The average Bonchev–Trinajstić information content (AvgIpc) is 2.53. The van der Waals surface area contributed by atoms with Crippen molar-refractivity contribution in [1.82, 2.24) is 0 Å². The summed E-state index contributed by atoms with van der Waals surface area (Å²) in [7, 11) is -1.93. The van der Waals surface area contributed by atoms with Crippen LogP contribution in [0.15, 0.2) is 48.5 Å². The van der Waals surface area contributed by atoms with Gasteiger partial charge in [-0.05, 0) is 29.8 Å². The van der Waals surface area contributed by atoms with Crippen molar-refractivity contribution in [2.24, 2.45) is 0 Å². The number of nitrogens with one attached hydrogen (secondary N) is 1. The molecule has 126 valence electrons. The molecule has 24 heavy (non-hydrogen) atoms. The number of sulfone groups is 1. The Morgan fingerprint density at radius 3 is 2.46 bits per heavy atom. The molecule has 0 aromatic heterocycles. The molecular weight excluding hydrogens is 330 g/mol. The van der Waals surface area contributed by atoms with Crippen molar-refractivity contribution < 1.29 is 22.7 Å². The van der Waals surface area contributed by atoms with Crippen molar-refractivity contribution in [3.8, 4) is 0 Å². The van der Waals surface area contributed by atoms with Crippen LogP contribution in [0.1, 0.15) is 26.3 Å². The van der Waals surface area contributed by atoms with Gasteiger partial charge < -0.3 is 10.1 Å². The molecule has 0 unspecified atom stereocenters. The van der Waals surface area contributed by atoms with Crippen molar-refractivity contribution in [1.29, 1.82) is 0 Å². The first-order chi connectivity index (χ1) is 11.3. The molecule has 2 rings (SSSR count). The molecule has 0 saturated heterocycles. The number of carbonyl (C=O) groups excluding carboxylic acids is 2. The maximum absolute atomic E-state index is 12.4. The molecular formula is C17H17NO5S. The van der Waals surface area contributed by atoms with Crippen LogP contribution in [0.4, 0.5) is 5.69 Å². The molecule has 0 aliphatic rings. The van der Waals surface area contributed by atoms with Gasteiger partial charge in [-0.3, -0.25) is 4.79 Å². The lowest BCUT2D eigenvalue weighted by molar-refractivity contribution is 0.0602. The van der Waals surface area contributed by atoms with Crippen LogP contribution >= 0.6 is 0 Å². The second-order valence-electron chi connectivity index (χ2n) is 5.26. The van der Waals surface area contributed by atoms with E-state index in [0.717, 1.165) is 6.26 Å². The van der Waals surface area contributed by atoms with Crippen molar-refractivity contribution in [2.45, 2.75) is 5.75 Å². The fourth-order valence-corrected chi connectivity index (χ4v) is 2.96. The number of rotatable bonds is 5. The predicted octanol–water partition coefficient (Wildman–Crippen LogP) is 2.27. The van der Waals surface area contributed by atoms with Gasteiger partial charge in [0.15, 0.2) is 9.84 Å². The minimum Gasteiger partial charge on any atom is -0.465 e. The normalized spacial score (nSPS) is 10.9. The lowest BCUT2D eigenvalue weighted by Crippen LogP contribution is -2.15. The van der Waals surface area contributed by atoms with Gasteiger partial charge in [-0.2, -0.15) is 0 Å². The predicted molar refractivity (Wildman–Crippen MR) is 90.7 cm³/mol. The monoisotopic (exact) mass is 347 g/mol. The van der Waals surface area contributed by atoms with Crippen LogP contribution in [-0.2, 0) is 20.3 Å². The smallest absolute Gasteiger partial charge is 0.339 e. The Balaban J connectivity index is 2.25. The number of methoxy groups -OCH3 is 1. The third-order valence-corrected chi connectivity index (χ3v) is 4.06. The molecule has 0 radical (unpaired) electrons. The van der Waals surface area contributed by atoms with Gasteiger partial charge in [0.2, 0.25) is 0 Å². The second kappa shape index (κ2) is 7.27. The van der Waals surface area contributed by atoms with Crippen LogP contribution in [-0.4, -0.2) is 33.7 Å². The Bertz CT molecular complexity index is 874. The van der Waals surface area contributed by atoms with E-state index in [1.807, 2.05) is 0 Å². The Hall–Kier alpha value is -2.67. The van der Waals surface area contributed by atoms with Crippen LogP contribution < -0.4 is 5.32 Å². The third kappa shape index (κ3) is 4.66. The summed E-state index contributed by atoms with van der Waals surface area (Å²) in [5.74, 6) is -1.15. The van der Waals surface area contributed by atoms with Gasteiger partial charge in [0.05, 0.1) is 24.1 Å². The van der Waals surface area contributed by atoms with Gasteiger partial charge in [0, 0.05) is 11.8 Å². The molecule has 0 saturated carbocycles. The van der Waals surface area contributed by atoms with Crippen molar-refractivity contribution >= 4 is 27.4 Å². The molecule has 2 aromatic rings. The summed E-state index contributed by atoms with van der Waals surface area (Å²) in [5, 5.41) is 2.64. The Kier molecular flexibility index (Phi) is 5.35. The maximum atomic E-state index is 12.4. The van der Waals surface area contributed by atoms with Gasteiger partial charge in [-0.25, -0.2) is 13.2 Å². The lowest BCUT2D eigenvalue weighted by Gasteiger charge is -2.10. The maximum Gasteiger partial charge on any atom is 0.339 e. The first-order valence-corrected chi connectivity index (χ1v) is 9.11. The van der Waals surface area contributed by atoms with E-state index in [0.29, 0.717) is 16.8 Å². The summed E-state index contributed by atoms with van der Waals surface area (Å²) in [6.07, 6.45) is 1.13. The van der Waals surface area contributed by atoms with Crippen LogP contribution in [0.25, 0.3) is 0 Å². The Morgan fingerprint density at radius 2 is 1.79 bits per heavy atom. The zero-order valence-electron chi connectivity index (χ0n) is 13.3. The largest absolute Gasteiger partial charge is 0.465 e. The number of hydrogen-bond donors (Lipinski definition) is 1. The molecule has 7 heteroatoms. The minimum atomic E-state index is -3.19. The summed E-state index contributed by atoms with van der Waals surface area (Å²) in [4.78, 5) is 24.1. The highest BCUT2D eigenvalue weighted by atomic mass is 32.2. The first-order valence-electron chi connectivity index (χ1n) is 7.05. The molecule has 0 fully saturated rings. The van der Waals surface area contributed by atoms with E-state index in [2.05, 4.69) is 10.1 Å². The van der Waals surface area contributed by atoms with Gasteiger partial charge in [-0.1, -0.05) is 24.3 Å². The SMILES string of the molecule is COC(=O)c1ccccc1NC(=O)c1cccc(CS(C)(=O)=O)c1. The summed E-state index contributed by atoms with van der Waals surface area (Å²) in [6.45, 7) is 0. The number of para-hydroxylation sites is 1. The molecule has 1 N–H and O–H groups in total. The molecule has 0 spiro atoms. The van der Waals surface area contributed by atoms with Gasteiger partial charge >= 0.3 is 5.97 Å². The summed E-state index contributed by atoms with van der Waals surface area (Å²) in [5.41, 5.74) is 1.38. The van der Waals surface area contributed by atoms with Crippen LogP contribution in [0.5, 0.6) is 0 Å². The fraction of sp³-hybridized carbons (Fsp3) is 0.176. The van der Waals surface area contributed by atoms with Crippen LogP contribution in [0, 0.1) is 0 Å². The minimum absolute atomic E-state index is 0.146. The average molecular weight is 347 g/mol. The molecule has 0 heterocycles. The number of amides is 1. The number of esters is 1. The van der Waals surface area contributed by atoms with Gasteiger partial charge in [0.1, 0.15) is 0 Å². The fourth-order valence-electron chi connectivity index (χ4n) is 2.18. The van der Waals surface area contributed by atoms with Crippen molar-refractivity contribution in [3.63, 3.8) is 0 Å². The van der Waals surface area contributed by atoms with E-state index < -0.39 is 21.7 Å². The standard InChI is InChI=1S/C17H17NO5S/c1-23-17(20)14-8-3-4-9-15(14)18-16(19)13-7-5-6-12(10-13)11-24(2,21)22/h3-10H,11H2,1-2H3,(H,18,19). The van der Waals surface area contributed by atoms with E-state index in [-0.39, 0.29) is 11.3 Å². The lowest BCUT2D eigenvalue weighted by atomic mass is 10.1. The number of anilines is 1. The van der Waals surface area contributed by atoms with Crippen molar-refractivity contribution in [3.05, 3.63) is 65.2 Å². The molecule has 0 bridgehead atoms. The molecule has 0 aliphatic heterocycles. The zero-order valence-corrected chi connectivity index (χ0v) is 14.1. The van der Waals surface area contributed by atoms with E-state index in [1.54, 1.807) is 42.5 Å². The van der Waals surface area contributed by atoms with Gasteiger partial charge in [0.25, 0.3) is 5.91 Å². The highest BCUT2D eigenvalue weighted by Gasteiger charge is 2.15. The molecule has 1 amide bonds. The highest BCUT2D eigenvalue weighted by Crippen LogP contribution is 2.18. The van der Waals surface area contributed by atoms with Gasteiger partial charge in [-0.15, -0.1) is 0 Å². The Labute approximate surface area is 140 Å². The summed E-state index contributed by atoms with van der Waals surface area (Å²) >= 11 is 0. The summed E-state index contributed by atoms with van der Waals surface area (Å²) in [6, 6.07) is 12.8. The number of carbonyl (C=O) groups is 2. The zero-order chi connectivity index (χ0) is 17.7. The van der Waals surface area contributed by atoms with Crippen molar-refractivity contribution in [2.75, 3.05) is 18.7 Å². The molecule has 0 atom stereocenters. The van der Waals surface area contributed by atoms with Crippen LogP contribution in [0.2, 0.25) is 0 Å². The van der Waals surface area contributed by atoms with E-state index in [4.69, 9.17) is 0 Å². The highest BCUT2D eigenvalue weighted by molar-refractivity contribution is 7.89. The number of ether oxygens (including phenoxy) is 1. The molecule has 2 aromatic carbocycles. The van der Waals surface area contributed by atoms with E-state index in [1.165, 1.54) is 13.2 Å². The Morgan fingerprint density at radius 1 is 1.08 bits per heavy atom. The van der Waals surface area contributed by atoms with Crippen LogP contribution in [0.3, 0.4) is 0 Å². The summed E-state index contributed by atoms with van der Waals surface area (Å²) < 4.78 is 27.4. The number of benzene rings is 2.